The predicted octanol–water partition coefficient (Wildman–Crippen LogP) is 0.629. The van der Waals surface area contributed by atoms with Gasteiger partial charge in [-0.05, 0) is 13.0 Å². The number of nitrogens with zero attached hydrogens (tertiary/aromatic N) is 1. The number of carbonyl (C=O) groups excluding carboxylic acids is 1. The first-order valence-corrected chi connectivity index (χ1v) is 8.11. The Hall–Kier alpha value is -0.740. The third-order valence-corrected chi connectivity index (χ3v) is 5.01. The molecule has 0 unspecified atom stereocenters. The van der Waals surface area contributed by atoms with Crippen LogP contribution in [0.1, 0.15) is 23.8 Å². The maximum atomic E-state index is 12.0. The number of hydrogen-bond donors (Lipinski definition) is 2. The van der Waals surface area contributed by atoms with Gasteiger partial charge in [-0.15, -0.1) is 23.7 Å². The van der Waals surface area contributed by atoms with Crippen LogP contribution in [0.25, 0.3) is 0 Å². The van der Waals surface area contributed by atoms with Crippen LogP contribution < -0.4 is 10.0 Å². The summed E-state index contributed by atoms with van der Waals surface area (Å²) in [4.78, 5) is 15.1. The average molecular weight is 344 g/mol. The van der Waals surface area contributed by atoms with Gasteiger partial charge in [0, 0.05) is 13.1 Å². The second-order valence-corrected chi connectivity index (χ2v) is 6.44. The largest absolute Gasteiger partial charge is 0.464 e. The number of sulfonamides is 1. The molecule has 0 saturated carbocycles. The lowest BCUT2D eigenvalue weighted by molar-refractivity contribution is 0.0590. The summed E-state index contributed by atoms with van der Waals surface area (Å²) in [6, 6.07) is 0. The fourth-order valence-electron chi connectivity index (χ4n) is 1.30. The second-order valence-electron chi connectivity index (χ2n) is 3.63. The van der Waals surface area contributed by atoms with Crippen molar-refractivity contribution in [2.45, 2.75) is 17.6 Å². The van der Waals surface area contributed by atoms with Crippen LogP contribution >= 0.6 is 23.7 Å². The van der Waals surface area contributed by atoms with Crippen LogP contribution in [0, 0.1) is 0 Å². The molecular formula is C10H18ClN3O4S2. The Balaban J connectivity index is 0.00000361. The van der Waals surface area contributed by atoms with Gasteiger partial charge < -0.3 is 10.1 Å². The van der Waals surface area contributed by atoms with E-state index in [9.17, 15) is 13.2 Å². The number of carbonyl (C=O) groups is 1. The lowest BCUT2D eigenvalue weighted by Crippen LogP contribution is -2.32. The third kappa shape index (κ3) is 5.33. The smallest absolute Gasteiger partial charge is 0.358 e. The molecule has 0 atom stereocenters. The first-order valence-electron chi connectivity index (χ1n) is 5.75. The maximum Gasteiger partial charge on any atom is 0.358 e. The van der Waals surface area contributed by atoms with Gasteiger partial charge in [0.1, 0.15) is 0 Å². The van der Waals surface area contributed by atoms with Crippen molar-refractivity contribution in [3.63, 3.8) is 0 Å². The molecule has 0 radical (unpaired) electrons. The molecule has 10 heteroatoms. The van der Waals surface area contributed by atoms with Crippen LogP contribution in [0.4, 0.5) is 0 Å². The van der Waals surface area contributed by atoms with Gasteiger partial charge in [-0.3, -0.25) is 0 Å². The topological polar surface area (TPSA) is 97.4 Å². The van der Waals surface area contributed by atoms with Gasteiger partial charge in [0.25, 0.3) is 10.0 Å². The van der Waals surface area contributed by atoms with Crippen molar-refractivity contribution < 1.29 is 17.9 Å². The summed E-state index contributed by atoms with van der Waals surface area (Å²) in [5.41, 5.74) is 1.12. The van der Waals surface area contributed by atoms with Crippen molar-refractivity contribution in [3.05, 3.63) is 11.2 Å². The molecule has 0 aromatic carbocycles. The summed E-state index contributed by atoms with van der Waals surface area (Å²) in [6.45, 7) is 3.63. The lowest BCUT2D eigenvalue weighted by Gasteiger charge is -2.06. The molecule has 1 heterocycles. The zero-order chi connectivity index (χ0) is 14.3. The van der Waals surface area contributed by atoms with E-state index in [0.717, 1.165) is 24.3 Å². The molecule has 0 amide bonds. The number of ether oxygens (including phenoxy) is 1. The average Bonchev–Trinajstić information content (AvgIpc) is 2.87. The summed E-state index contributed by atoms with van der Waals surface area (Å²) in [6.07, 6.45) is 0.980. The van der Waals surface area contributed by atoms with Crippen LogP contribution in [0.3, 0.4) is 0 Å². The number of halogens is 1. The molecule has 0 saturated heterocycles. The Morgan fingerprint density at radius 1 is 1.40 bits per heavy atom. The fraction of sp³-hybridized carbons (Fsp3) is 0.600. The summed E-state index contributed by atoms with van der Waals surface area (Å²) < 4.78 is 30.8. The van der Waals surface area contributed by atoms with Gasteiger partial charge in [-0.1, -0.05) is 6.92 Å². The minimum Gasteiger partial charge on any atom is -0.464 e. The molecule has 0 fully saturated rings. The van der Waals surface area contributed by atoms with Crippen LogP contribution in [-0.2, 0) is 14.8 Å². The SMILES string of the molecule is CCCNCCNS(=O)(=O)c1scnc1C(=O)OC.Cl. The highest BCUT2D eigenvalue weighted by Crippen LogP contribution is 2.20. The Morgan fingerprint density at radius 3 is 2.70 bits per heavy atom. The van der Waals surface area contributed by atoms with E-state index in [4.69, 9.17) is 0 Å². The fourth-order valence-corrected chi connectivity index (χ4v) is 3.51. The zero-order valence-electron chi connectivity index (χ0n) is 11.2. The summed E-state index contributed by atoms with van der Waals surface area (Å²) in [7, 11) is -2.54. The number of esters is 1. The van der Waals surface area contributed by atoms with Crippen molar-refractivity contribution in [3.8, 4) is 0 Å². The summed E-state index contributed by atoms with van der Waals surface area (Å²) in [5.74, 6) is -0.759. The first kappa shape index (κ1) is 19.3. The first-order chi connectivity index (χ1) is 9.03. The molecular weight excluding hydrogens is 326 g/mol. The van der Waals surface area contributed by atoms with E-state index in [1.165, 1.54) is 12.6 Å². The van der Waals surface area contributed by atoms with E-state index >= 15 is 0 Å². The number of nitrogens with one attached hydrogen (secondary N) is 2. The number of hydrogen-bond acceptors (Lipinski definition) is 7. The zero-order valence-corrected chi connectivity index (χ0v) is 13.7. The Morgan fingerprint density at radius 2 is 2.10 bits per heavy atom. The van der Waals surface area contributed by atoms with E-state index in [2.05, 4.69) is 19.8 Å². The molecule has 1 rings (SSSR count). The standard InChI is InChI=1S/C10H17N3O4S2.ClH/c1-3-4-11-5-6-13-19(15,16)10-8(9(14)17-2)12-7-18-10;/h7,11,13H,3-6H2,1-2H3;1H. The number of methoxy groups -OCH3 is 1. The maximum absolute atomic E-state index is 12.0. The van der Waals surface area contributed by atoms with Gasteiger partial charge in [0.15, 0.2) is 9.90 Å². The Kier molecular flexibility index (Phi) is 8.90. The molecule has 20 heavy (non-hydrogen) atoms. The van der Waals surface area contributed by atoms with Gasteiger partial charge in [0.05, 0.1) is 12.6 Å². The minimum atomic E-state index is -3.72. The second kappa shape index (κ2) is 9.24. The monoisotopic (exact) mass is 343 g/mol. The molecule has 116 valence electrons. The minimum absolute atomic E-state index is 0. The van der Waals surface area contributed by atoms with E-state index in [-0.39, 0.29) is 28.9 Å². The molecule has 2 N–H and O–H groups in total. The quantitative estimate of drug-likeness (QED) is 0.530. The molecule has 7 nitrogen and oxygen atoms in total. The Bertz CT molecular complexity index is 518. The van der Waals surface area contributed by atoms with Gasteiger partial charge in [-0.2, -0.15) is 0 Å². The predicted molar refractivity (Wildman–Crippen MR) is 79.1 cm³/mol. The van der Waals surface area contributed by atoms with Gasteiger partial charge in [-0.25, -0.2) is 22.9 Å². The number of aromatic nitrogens is 1. The van der Waals surface area contributed by atoms with E-state index in [1.807, 2.05) is 6.92 Å². The highest BCUT2D eigenvalue weighted by Gasteiger charge is 2.25. The molecule has 1 aromatic rings. The Labute approximate surface area is 128 Å². The molecule has 1 aromatic heterocycles. The van der Waals surface area contributed by atoms with Crippen molar-refractivity contribution in [2.75, 3.05) is 26.7 Å². The molecule has 0 aliphatic heterocycles. The van der Waals surface area contributed by atoms with E-state index < -0.39 is 16.0 Å². The van der Waals surface area contributed by atoms with Crippen molar-refractivity contribution in [1.29, 1.82) is 0 Å². The van der Waals surface area contributed by atoms with E-state index in [0.29, 0.717) is 6.54 Å². The molecule has 0 aliphatic rings. The van der Waals surface area contributed by atoms with Crippen LogP contribution in [-0.4, -0.2) is 46.1 Å². The molecule has 0 bridgehead atoms. The molecule has 0 spiro atoms. The molecule has 0 aliphatic carbocycles. The third-order valence-electron chi connectivity index (χ3n) is 2.18. The van der Waals surface area contributed by atoms with Crippen molar-refractivity contribution in [1.82, 2.24) is 15.0 Å². The van der Waals surface area contributed by atoms with Crippen LogP contribution in [0.2, 0.25) is 0 Å². The van der Waals surface area contributed by atoms with Gasteiger partial charge in [0.2, 0.25) is 0 Å². The van der Waals surface area contributed by atoms with Crippen LogP contribution in [0.5, 0.6) is 0 Å². The van der Waals surface area contributed by atoms with Gasteiger partial charge >= 0.3 is 5.97 Å². The van der Waals surface area contributed by atoms with Crippen molar-refractivity contribution in [2.24, 2.45) is 0 Å². The summed E-state index contributed by atoms with van der Waals surface area (Å²) >= 11 is 0.886. The van der Waals surface area contributed by atoms with Crippen LogP contribution in [0.15, 0.2) is 9.72 Å². The summed E-state index contributed by atoms with van der Waals surface area (Å²) in [5, 5.41) is 3.07. The highest BCUT2D eigenvalue weighted by molar-refractivity contribution is 7.91. The van der Waals surface area contributed by atoms with Crippen molar-refractivity contribution >= 4 is 39.7 Å². The number of thiazole rings is 1. The normalized spacial score (nSPS) is 10.9. The van der Waals surface area contributed by atoms with E-state index in [1.54, 1.807) is 0 Å². The number of rotatable bonds is 8. The highest BCUT2D eigenvalue weighted by atomic mass is 35.5. The lowest BCUT2D eigenvalue weighted by atomic mass is 10.5.